The zero-order valence-electron chi connectivity index (χ0n) is 14.9. The molecule has 0 aromatic heterocycles. The average Bonchev–Trinajstić information content (AvgIpc) is 2.36. The molecule has 0 aliphatic heterocycles. The molecular weight excluding hydrogens is 280 g/mol. The summed E-state index contributed by atoms with van der Waals surface area (Å²) in [6, 6.07) is 0.661. The quantitative estimate of drug-likeness (QED) is 0.709. The molecule has 1 aliphatic rings. The Hall–Kier alpha value is -0.810. The number of amides is 1. The van der Waals surface area contributed by atoms with Crippen LogP contribution in [0.4, 0.5) is 4.79 Å². The van der Waals surface area contributed by atoms with Crippen LogP contribution >= 0.6 is 0 Å². The highest BCUT2D eigenvalue weighted by atomic mass is 16.6. The molecule has 2 atom stereocenters. The number of carbonyl (C=O) groups excluding carboxylic acids is 1. The van der Waals surface area contributed by atoms with Crippen LogP contribution in [0, 0.1) is 5.92 Å². The van der Waals surface area contributed by atoms with Crippen molar-refractivity contribution in [2.75, 3.05) is 19.8 Å². The van der Waals surface area contributed by atoms with Gasteiger partial charge in [0.15, 0.2) is 0 Å². The topological polar surface area (TPSA) is 59.6 Å². The first-order valence-electron chi connectivity index (χ1n) is 8.57. The maximum absolute atomic E-state index is 11.8. The summed E-state index contributed by atoms with van der Waals surface area (Å²) >= 11 is 0. The molecule has 1 amide bonds. The van der Waals surface area contributed by atoms with Gasteiger partial charge in [-0.1, -0.05) is 13.8 Å². The smallest absolute Gasteiger partial charge is 0.407 e. The first-order chi connectivity index (χ1) is 10.3. The van der Waals surface area contributed by atoms with Crippen LogP contribution in [-0.2, 0) is 9.47 Å². The Kier molecular flexibility index (Phi) is 8.18. The van der Waals surface area contributed by atoms with E-state index in [4.69, 9.17) is 9.47 Å². The molecule has 2 N–H and O–H groups in total. The van der Waals surface area contributed by atoms with Crippen LogP contribution in [0.3, 0.4) is 0 Å². The minimum atomic E-state index is -0.440. The van der Waals surface area contributed by atoms with Crippen molar-refractivity contribution >= 4 is 6.09 Å². The van der Waals surface area contributed by atoms with Crippen LogP contribution in [0.5, 0.6) is 0 Å². The van der Waals surface area contributed by atoms with Crippen molar-refractivity contribution in [2.24, 2.45) is 5.92 Å². The van der Waals surface area contributed by atoms with E-state index in [1.54, 1.807) is 0 Å². The summed E-state index contributed by atoms with van der Waals surface area (Å²) in [5.41, 5.74) is -0.440. The summed E-state index contributed by atoms with van der Waals surface area (Å²) in [5.74, 6) is 0.581. The molecule has 1 saturated carbocycles. The molecule has 0 saturated heterocycles. The molecule has 2 unspecified atom stereocenters. The van der Waals surface area contributed by atoms with Gasteiger partial charge in [-0.3, -0.25) is 0 Å². The maximum atomic E-state index is 11.8. The van der Waals surface area contributed by atoms with E-state index >= 15 is 0 Å². The Morgan fingerprint density at radius 2 is 1.91 bits per heavy atom. The number of carbonyl (C=O) groups is 1. The zero-order chi connectivity index (χ0) is 16.6. The van der Waals surface area contributed by atoms with Gasteiger partial charge in [0, 0.05) is 25.2 Å². The number of rotatable bonds is 7. The van der Waals surface area contributed by atoms with Gasteiger partial charge in [-0.05, 0) is 52.4 Å². The molecule has 5 heteroatoms. The van der Waals surface area contributed by atoms with Gasteiger partial charge in [0.1, 0.15) is 5.60 Å². The highest BCUT2D eigenvalue weighted by molar-refractivity contribution is 5.68. The van der Waals surface area contributed by atoms with Crippen LogP contribution in [0.15, 0.2) is 0 Å². The Bertz CT molecular complexity index is 326. The summed E-state index contributed by atoms with van der Waals surface area (Å²) in [5, 5.41) is 6.52. The zero-order valence-corrected chi connectivity index (χ0v) is 14.9. The Labute approximate surface area is 135 Å². The SMILES string of the molecule is CC(C)COCCNC1CCCC(NC(=O)OC(C)(C)C)C1. The predicted molar refractivity (Wildman–Crippen MR) is 89.1 cm³/mol. The summed E-state index contributed by atoms with van der Waals surface area (Å²) < 4.78 is 10.9. The highest BCUT2D eigenvalue weighted by Crippen LogP contribution is 2.19. The molecule has 0 heterocycles. The Morgan fingerprint density at radius 1 is 1.23 bits per heavy atom. The maximum Gasteiger partial charge on any atom is 0.407 e. The minimum Gasteiger partial charge on any atom is -0.444 e. The molecule has 1 aliphatic carbocycles. The molecular formula is C17H34N2O3. The molecule has 1 rings (SSSR count). The molecule has 0 bridgehead atoms. The fourth-order valence-electron chi connectivity index (χ4n) is 2.63. The van der Waals surface area contributed by atoms with Gasteiger partial charge in [0.2, 0.25) is 0 Å². The van der Waals surface area contributed by atoms with E-state index in [1.807, 2.05) is 20.8 Å². The van der Waals surface area contributed by atoms with E-state index in [1.165, 1.54) is 0 Å². The second kappa shape index (κ2) is 9.36. The monoisotopic (exact) mass is 314 g/mol. The largest absolute Gasteiger partial charge is 0.444 e. The minimum absolute atomic E-state index is 0.206. The fraction of sp³-hybridized carbons (Fsp3) is 0.941. The van der Waals surface area contributed by atoms with Gasteiger partial charge < -0.3 is 20.1 Å². The standard InChI is InChI=1S/C17H34N2O3/c1-13(2)12-21-10-9-18-14-7-6-8-15(11-14)19-16(20)22-17(3,4)5/h13-15,18H,6-12H2,1-5H3,(H,19,20). The number of nitrogens with one attached hydrogen (secondary N) is 2. The van der Waals surface area contributed by atoms with Crippen LogP contribution in [0.25, 0.3) is 0 Å². The number of hydrogen-bond donors (Lipinski definition) is 2. The van der Waals surface area contributed by atoms with Gasteiger partial charge in [-0.2, -0.15) is 0 Å². The summed E-state index contributed by atoms with van der Waals surface area (Å²) in [7, 11) is 0. The molecule has 0 aromatic rings. The Balaban J connectivity index is 2.19. The molecule has 0 aromatic carbocycles. The second-order valence-corrected chi connectivity index (χ2v) is 7.63. The van der Waals surface area contributed by atoms with E-state index < -0.39 is 5.60 Å². The second-order valence-electron chi connectivity index (χ2n) is 7.63. The van der Waals surface area contributed by atoms with Crippen molar-refractivity contribution in [3.63, 3.8) is 0 Å². The number of alkyl carbamates (subject to hydrolysis) is 1. The third kappa shape index (κ3) is 9.26. The van der Waals surface area contributed by atoms with E-state index in [2.05, 4.69) is 24.5 Å². The van der Waals surface area contributed by atoms with Gasteiger partial charge in [-0.25, -0.2) is 4.79 Å². The lowest BCUT2D eigenvalue weighted by atomic mass is 9.91. The fourth-order valence-corrected chi connectivity index (χ4v) is 2.63. The summed E-state index contributed by atoms with van der Waals surface area (Å²) in [6.07, 6.45) is 3.98. The normalized spacial score (nSPS) is 22.6. The molecule has 1 fully saturated rings. The van der Waals surface area contributed by atoms with Crippen molar-refractivity contribution in [1.29, 1.82) is 0 Å². The van der Waals surface area contributed by atoms with Crippen LogP contribution < -0.4 is 10.6 Å². The van der Waals surface area contributed by atoms with Crippen LogP contribution in [-0.4, -0.2) is 43.5 Å². The van der Waals surface area contributed by atoms with Crippen molar-refractivity contribution in [3.8, 4) is 0 Å². The van der Waals surface area contributed by atoms with E-state index in [0.29, 0.717) is 12.0 Å². The van der Waals surface area contributed by atoms with E-state index in [-0.39, 0.29) is 12.1 Å². The van der Waals surface area contributed by atoms with Gasteiger partial charge in [-0.15, -0.1) is 0 Å². The lowest BCUT2D eigenvalue weighted by Gasteiger charge is -2.31. The van der Waals surface area contributed by atoms with Crippen molar-refractivity contribution in [2.45, 2.75) is 78.0 Å². The predicted octanol–water partition coefficient (Wildman–Crippen LogP) is 3.08. The third-order valence-corrected chi connectivity index (χ3v) is 3.53. The first-order valence-corrected chi connectivity index (χ1v) is 8.57. The molecule has 0 radical (unpaired) electrons. The third-order valence-electron chi connectivity index (χ3n) is 3.53. The van der Waals surface area contributed by atoms with E-state index in [9.17, 15) is 4.79 Å². The van der Waals surface area contributed by atoms with Crippen molar-refractivity contribution < 1.29 is 14.3 Å². The van der Waals surface area contributed by atoms with Gasteiger partial charge in [0.25, 0.3) is 0 Å². The molecule has 22 heavy (non-hydrogen) atoms. The van der Waals surface area contributed by atoms with Crippen molar-refractivity contribution in [1.82, 2.24) is 10.6 Å². The van der Waals surface area contributed by atoms with Crippen molar-refractivity contribution in [3.05, 3.63) is 0 Å². The summed E-state index contributed by atoms with van der Waals surface area (Å²) in [4.78, 5) is 11.8. The van der Waals surface area contributed by atoms with Gasteiger partial charge >= 0.3 is 6.09 Å². The molecule has 130 valence electrons. The average molecular weight is 314 g/mol. The lowest BCUT2D eigenvalue weighted by Crippen LogP contribution is -2.46. The summed E-state index contributed by atoms with van der Waals surface area (Å²) in [6.45, 7) is 12.4. The molecule has 0 spiro atoms. The lowest BCUT2D eigenvalue weighted by molar-refractivity contribution is 0.0487. The number of hydrogen-bond acceptors (Lipinski definition) is 4. The highest BCUT2D eigenvalue weighted by Gasteiger charge is 2.25. The molecule has 5 nitrogen and oxygen atoms in total. The van der Waals surface area contributed by atoms with Crippen LogP contribution in [0.2, 0.25) is 0 Å². The number of ether oxygens (including phenoxy) is 2. The van der Waals surface area contributed by atoms with Crippen LogP contribution in [0.1, 0.15) is 60.3 Å². The van der Waals surface area contributed by atoms with Gasteiger partial charge in [0.05, 0.1) is 6.61 Å². The Morgan fingerprint density at radius 3 is 2.55 bits per heavy atom. The first kappa shape index (κ1) is 19.2. The van der Waals surface area contributed by atoms with E-state index in [0.717, 1.165) is 45.4 Å².